The molecule has 0 radical (unpaired) electrons. The molecular formula is C18H14ClN5O4. The zero-order valence-electron chi connectivity index (χ0n) is 14.9. The second-order valence-electron chi connectivity index (χ2n) is 6.82. The molecule has 1 aromatic rings. The molecular weight excluding hydrogens is 386 g/mol. The van der Waals surface area contributed by atoms with Gasteiger partial charge in [0.15, 0.2) is 5.41 Å². The Labute approximate surface area is 165 Å². The molecule has 2 heterocycles. The van der Waals surface area contributed by atoms with Crippen LogP contribution in [0, 0.1) is 66.3 Å². The normalized spacial score (nSPS) is 32.5. The van der Waals surface area contributed by atoms with Crippen LogP contribution in [-0.4, -0.2) is 16.6 Å². The Morgan fingerprint density at radius 3 is 2.46 bits per heavy atom. The topological polar surface area (TPSA) is 157 Å². The molecule has 2 aliphatic rings. The molecule has 28 heavy (non-hydrogen) atoms. The van der Waals surface area contributed by atoms with Crippen molar-refractivity contribution in [1.82, 2.24) is 0 Å². The van der Waals surface area contributed by atoms with E-state index in [2.05, 4.69) is 0 Å². The van der Waals surface area contributed by atoms with Gasteiger partial charge in [-0.15, -0.1) is 0 Å². The number of nitro benzene ring substituents is 1. The van der Waals surface area contributed by atoms with Gasteiger partial charge in [0.05, 0.1) is 29.0 Å². The monoisotopic (exact) mass is 399 g/mol. The standard InChI is InChI=1S/C18H14ClN5O4/c1-3-13-16(2)27-14(11-6-10(24(25)26)4-5-12(11)19)17(7-20,8-21)18(13,9-22)15(23)28-16/h4-6,13-14,23H,3H2,1-2H3. The lowest BCUT2D eigenvalue weighted by atomic mass is 9.53. The molecule has 4 atom stereocenters. The zero-order chi connectivity index (χ0) is 20.9. The van der Waals surface area contributed by atoms with Gasteiger partial charge in [0.2, 0.25) is 17.1 Å². The molecule has 1 aromatic carbocycles. The first-order valence-electron chi connectivity index (χ1n) is 8.30. The van der Waals surface area contributed by atoms with Crippen molar-refractivity contribution in [3.63, 3.8) is 0 Å². The first-order chi connectivity index (χ1) is 13.2. The number of fused-ring (bicyclic) bond motifs is 2. The van der Waals surface area contributed by atoms with E-state index in [9.17, 15) is 25.9 Å². The van der Waals surface area contributed by atoms with Crippen LogP contribution in [0.4, 0.5) is 5.69 Å². The van der Waals surface area contributed by atoms with Gasteiger partial charge in [0.1, 0.15) is 6.10 Å². The third kappa shape index (κ3) is 2.10. The number of nitrogens with one attached hydrogen (secondary N) is 1. The van der Waals surface area contributed by atoms with Crippen molar-refractivity contribution in [2.24, 2.45) is 16.7 Å². The Morgan fingerprint density at radius 2 is 1.96 bits per heavy atom. The van der Waals surface area contributed by atoms with Gasteiger partial charge in [-0.25, -0.2) is 0 Å². The van der Waals surface area contributed by atoms with E-state index in [-0.39, 0.29) is 16.3 Å². The average molecular weight is 400 g/mol. The average Bonchev–Trinajstić information content (AvgIpc) is 2.84. The molecule has 9 nitrogen and oxygen atoms in total. The fourth-order valence-corrected chi connectivity index (χ4v) is 4.57. The van der Waals surface area contributed by atoms with Crippen molar-refractivity contribution in [3.05, 3.63) is 38.9 Å². The molecule has 10 heteroatoms. The molecule has 0 aliphatic carbocycles. The van der Waals surface area contributed by atoms with Crippen molar-refractivity contribution in [3.8, 4) is 18.2 Å². The number of benzene rings is 1. The highest BCUT2D eigenvalue weighted by Gasteiger charge is 2.79. The Bertz CT molecular complexity index is 1010. The van der Waals surface area contributed by atoms with Crippen molar-refractivity contribution in [2.45, 2.75) is 32.2 Å². The van der Waals surface area contributed by atoms with E-state index in [4.69, 9.17) is 26.5 Å². The third-order valence-electron chi connectivity index (χ3n) is 5.60. The van der Waals surface area contributed by atoms with Crippen LogP contribution >= 0.6 is 11.6 Å². The summed E-state index contributed by atoms with van der Waals surface area (Å²) < 4.78 is 11.6. The van der Waals surface area contributed by atoms with Crippen molar-refractivity contribution >= 4 is 23.2 Å². The SMILES string of the molecule is CCC1C2(C)OC(=N)C1(C#N)C(C#N)(C#N)C(c1cc([N+](=O)[O-])ccc1Cl)O2. The predicted octanol–water partition coefficient (Wildman–Crippen LogP) is 3.61. The maximum absolute atomic E-state index is 11.2. The summed E-state index contributed by atoms with van der Waals surface area (Å²) in [5.41, 5.74) is -4.42. The van der Waals surface area contributed by atoms with E-state index in [1.807, 2.05) is 18.2 Å². The highest BCUT2D eigenvalue weighted by Crippen LogP contribution is 2.67. The van der Waals surface area contributed by atoms with Gasteiger partial charge >= 0.3 is 0 Å². The second-order valence-corrected chi connectivity index (χ2v) is 7.23. The number of hydrogen-bond acceptors (Lipinski definition) is 8. The van der Waals surface area contributed by atoms with Crippen LogP contribution in [0.15, 0.2) is 18.2 Å². The van der Waals surface area contributed by atoms with Crippen LogP contribution in [-0.2, 0) is 9.47 Å². The summed E-state index contributed by atoms with van der Waals surface area (Å²) in [5.74, 6) is -2.78. The smallest absolute Gasteiger partial charge is 0.269 e. The first-order valence-corrected chi connectivity index (χ1v) is 8.68. The Morgan fingerprint density at radius 1 is 1.32 bits per heavy atom. The van der Waals surface area contributed by atoms with Crippen molar-refractivity contribution < 1.29 is 14.4 Å². The largest absolute Gasteiger partial charge is 0.448 e. The fourth-order valence-electron chi connectivity index (χ4n) is 4.35. The fraction of sp³-hybridized carbons (Fsp3) is 0.444. The van der Waals surface area contributed by atoms with Crippen LogP contribution in [0.1, 0.15) is 31.9 Å². The van der Waals surface area contributed by atoms with E-state index in [0.29, 0.717) is 6.42 Å². The lowest BCUT2D eigenvalue weighted by Crippen LogP contribution is -2.58. The van der Waals surface area contributed by atoms with E-state index in [1.54, 1.807) is 6.92 Å². The van der Waals surface area contributed by atoms with Crippen molar-refractivity contribution in [2.75, 3.05) is 0 Å². The number of nitriles is 3. The number of rotatable bonds is 3. The number of halogens is 1. The molecule has 0 amide bonds. The van der Waals surface area contributed by atoms with Gasteiger partial charge in [0, 0.05) is 29.6 Å². The summed E-state index contributed by atoms with van der Waals surface area (Å²) in [5, 5.41) is 49.7. The molecule has 0 saturated carbocycles. The predicted molar refractivity (Wildman–Crippen MR) is 94.6 cm³/mol. The summed E-state index contributed by atoms with van der Waals surface area (Å²) >= 11 is 6.23. The Kier molecular flexibility index (Phi) is 4.31. The zero-order valence-corrected chi connectivity index (χ0v) is 15.6. The van der Waals surface area contributed by atoms with Crippen LogP contribution in [0.5, 0.6) is 0 Å². The number of hydrogen-bond donors (Lipinski definition) is 1. The number of ether oxygens (including phenoxy) is 2. The summed E-state index contributed by atoms with van der Waals surface area (Å²) in [7, 11) is 0. The lowest BCUT2D eigenvalue weighted by molar-refractivity contribution is -0.385. The Balaban J connectivity index is 2.37. The van der Waals surface area contributed by atoms with E-state index >= 15 is 0 Å². The minimum Gasteiger partial charge on any atom is -0.448 e. The van der Waals surface area contributed by atoms with Crippen LogP contribution < -0.4 is 0 Å². The maximum atomic E-state index is 11.2. The van der Waals surface area contributed by atoms with Crippen LogP contribution in [0.3, 0.4) is 0 Å². The number of nitro groups is 1. The second kappa shape index (κ2) is 6.17. The third-order valence-corrected chi connectivity index (χ3v) is 5.94. The molecule has 1 N–H and O–H groups in total. The lowest BCUT2D eigenvalue weighted by Gasteiger charge is -2.48. The van der Waals surface area contributed by atoms with E-state index < -0.39 is 39.5 Å². The van der Waals surface area contributed by atoms with Gasteiger partial charge in [0.25, 0.3) is 5.69 Å². The summed E-state index contributed by atoms with van der Waals surface area (Å²) in [4.78, 5) is 10.6. The van der Waals surface area contributed by atoms with Gasteiger partial charge in [-0.1, -0.05) is 18.5 Å². The van der Waals surface area contributed by atoms with Gasteiger partial charge in [-0.3, -0.25) is 15.5 Å². The molecule has 3 rings (SSSR count). The number of non-ortho nitro benzene ring substituents is 1. The van der Waals surface area contributed by atoms with Gasteiger partial charge in [-0.05, 0) is 12.5 Å². The molecule has 142 valence electrons. The minimum atomic E-state index is -2.20. The van der Waals surface area contributed by atoms with Crippen LogP contribution in [0.25, 0.3) is 0 Å². The minimum absolute atomic E-state index is 0.0117. The maximum Gasteiger partial charge on any atom is 0.269 e. The first kappa shape index (κ1) is 19.6. The molecule has 0 spiro atoms. The van der Waals surface area contributed by atoms with Crippen LogP contribution in [0.2, 0.25) is 5.02 Å². The summed E-state index contributed by atoms with van der Waals surface area (Å²) in [6.45, 7) is 3.26. The molecule has 2 bridgehead atoms. The molecule has 0 aromatic heterocycles. The highest BCUT2D eigenvalue weighted by atomic mass is 35.5. The van der Waals surface area contributed by atoms with Gasteiger partial charge < -0.3 is 9.47 Å². The highest BCUT2D eigenvalue weighted by molar-refractivity contribution is 6.31. The van der Waals surface area contributed by atoms with E-state index in [1.165, 1.54) is 19.1 Å². The quantitative estimate of drug-likeness (QED) is 0.600. The van der Waals surface area contributed by atoms with Crippen molar-refractivity contribution in [1.29, 1.82) is 21.2 Å². The number of nitrogens with zero attached hydrogens (tertiary/aromatic N) is 4. The summed E-state index contributed by atoms with van der Waals surface area (Å²) in [6, 6.07) is 9.27. The molecule has 2 aliphatic heterocycles. The van der Waals surface area contributed by atoms with E-state index in [0.717, 1.165) is 6.07 Å². The van der Waals surface area contributed by atoms with Gasteiger partial charge in [-0.2, -0.15) is 15.8 Å². The molecule has 2 saturated heterocycles. The Hall–Kier alpha value is -3.19. The molecule has 2 fully saturated rings. The molecule has 4 unspecified atom stereocenters. The summed E-state index contributed by atoms with van der Waals surface area (Å²) in [6.07, 6.45) is -1.14.